The minimum Gasteiger partial charge on any atom is -0.353 e. The zero-order valence-corrected chi connectivity index (χ0v) is 17.0. The molecule has 1 unspecified atom stereocenters. The van der Waals surface area contributed by atoms with E-state index >= 15 is 0 Å². The van der Waals surface area contributed by atoms with E-state index in [9.17, 15) is 9.59 Å². The van der Waals surface area contributed by atoms with Gasteiger partial charge in [-0.2, -0.15) is 0 Å². The van der Waals surface area contributed by atoms with Crippen LogP contribution in [0.15, 0.2) is 29.2 Å². The molecular formula is C21H31N3O2S. The number of thioether (sulfide) groups is 1. The number of nitrogens with zero attached hydrogens (tertiary/aromatic N) is 1. The molecule has 1 saturated heterocycles. The summed E-state index contributed by atoms with van der Waals surface area (Å²) in [5.41, 5.74) is 1.09. The van der Waals surface area contributed by atoms with E-state index < -0.39 is 0 Å². The van der Waals surface area contributed by atoms with Gasteiger partial charge in [-0.15, -0.1) is 11.8 Å². The van der Waals surface area contributed by atoms with Gasteiger partial charge in [-0.1, -0.05) is 31.4 Å². The second-order valence-corrected chi connectivity index (χ2v) is 8.52. The number of piperazine rings is 1. The highest BCUT2D eigenvalue weighted by molar-refractivity contribution is 7.98. The topological polar surface area (TPSA) is 61.4 Å². The molecule has 1 atom stereocenters. The normalized spacial score (nSPS) is 21.7. The number of rotatable bonds is 7. The molecule has 148 valence electrons. The van der Waals surface area contributed by atoms with Gasteiger partial charge < -0.3 is 10.6 Å². The van der Waals surface area contributed by atoms with Crippen molar-refractivity contribution in [1.29, 1.82) is 0 Å². The molecule has 2 amide bonds. The van der Waals surface area contributed by atoms with Crippen molar-refractivity contribution in [1.82, 2.24) is 15.5 Å². The highest BCUT2D eigenvalue weighted by Gasteiger charge is 2.33. The lowest BCUT2D eigenvalue weighted by molar-refractivity contribution is -0.134. The monoisotopic (exact) mass is 389 g/mol. The molecule has 5 nitrogen and oxygen atoms in total. The minimum atomic E-state index is -0.335. The van der Waals surface area contributed by atoms with Crippen molar-refractivity contribution in [3.05, 3.63) is 29.8 Å². The van der Waals surface area contributed by atoms with Crippen LogP contribution >= 0.6 is 11.8 Å². The Hall–Kier alpha value is -1.53. The van der Waals surface area contributed by atoms with Crippen LogP contribution in [0.3, 0.4) is 0 Å². The molecular weight excluding hydrogens is 358 g/mol. The fraction of sp³-hybridized carbons (Fsp3) is 0.619. The van der Waals surface area contributed by atoms with Crippen molar-refractivity contribution >= 4 is 23.6 Å². The molecule has 0 radical (unpaired) electrons. The second kappa shape index (κ2) is 10.1. The van der Waals surface area contributed by atoms with Crippen molar-refractivity contribution in [2.45, 2.75) is 56.0 Å². The van der Waals surface area contributed by atoms with Gasteiger partial charge in [0, 0.05) is 31.1 Å². The number of nitrogens with one attached hydrogen (secondary N) is 2. The van der Waals surface area contributed by atoms with E-state index in [1.165, 1.54) is 37.0 Å². The Bertz CT molecular complexity index is 646. The van der Waals surface area contributed by atoms with Crippen LogP contribution in [0, 0.1) is 5.92 Å². The largest absolute Gasteiger partial charge is 0.353 e. The predicted octanol–water partition coefficient (Wildman–Crippen LogP) is 2.80. The Balaban J connectivity index is 1.53. The quantitative estimate of drug-likeness (QED) is 0.704. The molecule has 3 rings (SSSR count). The van der Waals surface area contributed by atoms with Crippen LogP contribution in [0.4, 0.5) is 0 Å². The van der Waals surface area contributed by atoms with Crippen LogP contribution in [-0.4, -0.2) is 48.6 Å². The first-order valence-electron chi connectivity index (χ1n) is 10.1. The lowest BCUT2D eigenvalue weighted by Gasteiger charge is -2.37. The zero-order chi connectivity index (χ0) is 19.1. The highest BCUT2D eigenvalue weighted by atomic mass is 32.2. The van der Waals surface area contributed by atoms with E-state index in [0.717, 1.165) is 18.7 Å². The number of benzene rings is 1. The van der Waals surface area contributed by atoms with Crippen LogP contribution in [0.2, 0.25) is 0 Å². The Kier molecular flexibility index (Phi) is 7.59. The van der Waals surface area contributed by atoms with E-state index in [-0.39, 0.29) is 24.3 Å². The average molecular weight is 390 g/mol. The van der Waals surface area contributed by atoms with Crippen molar-refractivity contribution in [3.8, 4) is 0 Å². The van der Waals surface area contributed by atoms with Crippen LogP contribution in [0.25, 0.3) is 0 Å². The summed E-state index contributed by atoms with van der Waals surface area (Å²) in [6.45, 7) is 2.98. The molecule has 6 heteroatoms. The second-order valence-electron chi connectivity index (χ2n) is 7.64. The fourth-order valence-corrected chi connectivity index (χ4v) is 4.62. The first-order valence-corrected chi connectivity index (χ1v) is 11.3. The maximum atomic E-state index is 12.5. The SMILES string of the molecule is CSc1cccc(CNC(=O)CC2C(=O)NCCN2CC2CCCCC2)c1. The Morgan fingerprint density at radius 2 is 2.11 bits per heavy atom. The van der Waals surface area contributed by atoms with Crippen LogP contribution in [-0.2, 0) is 16.1 Å². The van der Waals surface area contributed by atoms with Crippen molar-refractivity contribution in [2.75, 3.05) is 25.9 Å². The molecule has 2 N–H and O–H groups in total. The maximum Gasteiger partial charge on any atom is 0.237 e. The molecule has 0 bridgehead atoms. The van der Waals surface area contributed by atoms with Crippen molar-refractivity contribution in [3.63, 3.8) is 0 Å². The predicted molar refractivity (Wildman–Crippen MR) is 110 cm³/mol. The van der Waals surface area contributed by atoms with E-state index in [2.05, 4.69) is 27.7 Å². The molecule has 1 aromatic rings. The Morgan fingerprint density at radius 1 is 1.30 bits per heavy atom. The molecule has 1 heterocycles. The number of amides is 2. The summed E-state index contributed by atoms with van der Waals surface area (Å²) in [5.74, 6) is 0.612. The average Bonchev–Trinajstić information content (AvgIpc) is 2.70. The molecule has 27 heavy (non-hydrogen) atoms. The summed E-state index contributed by atoms with van der Waals surface area (Å²) in [5, 5.41) is 5.92. The molecule has 1 aromatic carbocycles. The molecule has 1 aliphatic heterocycles. The standard InChI is InChI=1S/C21H31N3O2S/c1-27-18-9-5-8-17(12-18)14-23-20(25)13-19-21(26)22-10-11-24(19)15-16-6-3-2-4-7-16/h5,8-9,12,16,19H,2-4,6-7,10-11,13-15H2,1H3,(H,22,26)(H,23,25). The first-order chi connectivity index (χ1) is 13.2. The molecule has 1 saturated carbocycles. The summed E-state index contributed by atoms with van der Waals surface area (Å²) in [7, 11) is 0. The third-order valence-electron chi connectivity index (χ3n) is 5.66. The minimum absolute atomic E-state index is 0.00316. The maximum absolute atomic E-state index is 12.5. The van der Waals surface area contributed by atoms with Crippen LogP contribution in [0.1, 0.15) is 44.1 Å². The van der Waals surface area contributed by atoms with Gasteiger partial charge in [0.25, 0.3) is 0 Å². The number of hydrogen-bond donors (Lipinski definition) is 2. The number of hydrogen-bond acceptors (Lipinski definition) is 4. The molecule has 2 fully saturated rings. The summed E-state index contributed by atoms with van der Waals surface area (Å²) in [6, 6.07) is 7.84. The van der Waals surface area contributed by atoms with E-state index in [4.69, 9.17) is 0 Å². The summed E-state index contributed by atoms with van der Waals surface area (Å²) < 4.78 is 0. The van der Waals surface area contributed by atoms with Gasteiger partial charge in [-0.25, -0.2) is 0 Å². The Morgan fingerprint density at radius 3 is 2.89 bits per heavy atom. The molecule has 1 aliphatic carbocycles. The lowest BCUT2D eigenvalue weighted by Crippen LogP contribution is -2.57. The summed E-state index contributed by atoms with van der Waals surface area (Å²) in [4.78, 5) is 28.3. The molecule has 2 aliphatic rings. The third-order valence-corrected chi connectivity index (χ3v) is 6.39. The molecule has 0 spiro atoms. The Labute approximate surface area is 166 Å². The zero-order valence-electron chi connectivity index (χ0n) is 16.2. The van der Waals surface area contributed by atoms with E-state index in [0.29, 0.717) is 19.0 Å². The van der Waals surface area contributed by atoms with Gasteiger partial charge in [0.2, 0.25) is 11.8 Å². The van der Waals surface area contributed by atoms with Gasteiger partial charge in [0.1, 0.15) is 0 Å². The van der Waals surface area contributed by atoms with Gasteiger partial charge in [0.05, 0.1) is 12.5 Å². The van der Waals surface area contributed by atoms with E-state index in [1.807, 2.05) is 18.4 Å². The van der Waals surface area contributed by atoms with Crippen molar-refractivity contribution in [2.24, 2.45) is 5.92 Å². The third kappa shape index (κ3) is 5.98. The van der Waals surface area contributed by atoms with Gasteiger partial charge >= 0.3 is 0 Å². The lowest BCUT2D eigenvalue weighted by atomic mass is 9.88. The van der Waals surface area contributed by atoms with Gasteiger partial charge in [-0.05, 0) is 42.7 Å². The van der Waals surface area contributed by atoms with Crippen LogP contribution < -0.4 is 10.6 Å². The summed E-state index contributed by atoms with van der Waals surface area (Å²) >= 11 is 1.69. The van der Waals surface area contributed by atoms with Gasteiger partial charge in [-0.3, -0.25) is 14.5 Å². The number of carbonyl (C=O) groups excluding carboxylic acids is 2. The smallest absolute Gasteiger partial charge is 0.237 e. The van der Waals surface area contributed by atoms with Crippen LogP contribution in [0.5, 0.6) is 0 Å². The summed E-state index contributed by atoms with van der Waals surface area (Å²) in [6.07, 6.45) is 8.71. The fourth-order valence-electron chi connectivity index (χ4n) is 4.13. The van der Waals surface area contributed by atoms with Crippen molar-refractivity contribution < 1.29 is 9.59 Å². The molecule has 0 aromatic heterocycles. The highest BCUT2D eigenvalue weighted by Crippen LogP contribution is 2.26. The number of carbonyl (C=O) groups is 2. The van der Waals surface area contributed by atoms with E-state index in [1.54, 1.807) is 11.8 Å². The first kappa shape index (κ1) is 20.2. The van der Waals surface area contributed by atoms with Gasteiger partial charge in [0.15, 0.2) is 0 Å².